The van der Waals surface area contributed by atoms with E-state index in [1.807, 2.05) is 24.3 Å². The van der Waals surface area contributed by atoms with E-state index in [0.717, 1.165) is 22.4 Å². The van der Waals surface area contributed by atoms with Crippen LogP contribution < -0.4 is 0 Å². The van der Waals surface area contributed by atoms with Crippen molar-refractivity contribution < 1.29 is 0 Å². The number of aryl methyl sites for hydroxylation is 1. The quantitative estimate of drug-likeness (QED) is 0.677. The Morgan fingerprint density at radius 2 is 1.89 bits per heavy atom. The predicted molar refractivity (Wildman–Crippen MR) is 76.3 cm³/mol. The lowest BCUT2D eigenvalue weighted by Gasteiger charge is -1.99. The Balaban J connectivity index is 2.19. The largest absolute Gasteiger partial charge is 0.338 e. The fraction of sp³-hybridized carbons (Fsp3) is 0.0714. The second-order valence-corrected chi connectivity index (χ2v) is 5.00. The Morgan fingerprint density at radius 3 is 2.61 bits per heavy atom. The van der Waals surface area contributed by atoms with Gasteiger partial charge in [-0.25, -0.2) is 4.98 Å². The highest BCUT2D eigenvalue weighted by molar-refractivity contribution is 6.42. The highest BCUT2D eigenvalue weighted by Gasteiger charge is 2.08. The van der Waals surface area contributed by atoms with Crippen LogP contribution in [0.4, 0.5) is 0 Å². The standard InChI is InChI=1S/C14H10Cl2N2/c1-8-3-2-4-12-13(8)18-14(17-12)9-5-6-10(15)11(16)7-9/h2-7H,1H3,(H,17,18). The van der Waals surface area contributed by atoms with Gasteiger partial charge in [-0.3, -0.25) is 0 Å². The molecule has 0 radical (unpaired) electrons. The van der Waals surface area contributed by atoms with E-state index < -0.39 is 0 Å². The molecule has 0 amide bonds. The third kappa shape index (κ3) is 1.88. The van der Waals surface area contributed by atoms with Gasteiger partial charge in [0.1, 0.15) is 5.82 Å². The first-order valence-electron chi connectivity index (χ1n) is 5.56. The summed E-state index contributed by atoms with van der Waals surface area (Å²) in [6, 6.07) is 11.5. The SMILES string of the molecule is Cc1cccc2nc(-c3ccc(Cl)c(Cl)c3)[nH]c12. The molecule has 0 aliphatic carbocycles. The number of nitrogens with one attached hydrogen (secondary N) is 1. The van der Waals surface area contributed by atoms with Gasteiger partial charge in [0.05, 0.1) is 21.1 Å². The summed E-state index contributed by atoms with van der Waals surface area (Å²) in [5, 5.41) is 1.08. The maximum atomic E-state index is 6.02. The minimum atomic E-state index is 0.534. The van der Waals surface area contributed by atoms with Gasteiger partial charge in [-0.1, -0.05) is 35.3 Å². The summed E-state index contributed by atoms with van der Waals surface area (Å²) in [5.41, 5.74) is 4.11. The topological polar surface area (TPSA) is 28.7 Å². The molecule has 90 valence electrons. The van der Waals surface area contributed by atoms with Crippen LogP contribution in [0, 0.1) is 6.92 Å². The van der Waals surface area contributed by atoms with Crippen LogP contribution in [0.25, 0.3) is 22.4 Å². The zero-order chi connectivity index (χ0) is 12.7. The number of nitrogens with zero attached hydrogens (tertiary/aromatic N) is 1. The molecule has 0 saturated carbocycles. The first-order valence-corrected chi connectivity index (χ1v) is 6.31. The van der Waals surface area contributed by atoms with Gasteiger partial charge >= 0.3 is 0 Å². The molecule has 0 atom stereocenters. The number of para-hydroxylation sites is 1. The maximum absolute atomic E-state index is 6.02. The van der Waals surface area contributed by atoms with Crippen molar-refractivity contribution in [3.05, 3.63) is 52.0 Å². The lowest BCUT2D eigenvalue weighted by atomic mass is 10.2. The van der Waals surface area contributed by atoms with Gasteiger partial charge in [0, 0.05) is 5.56 Å². The van der Waals surface area contributed by atoms with Gasteiger partial charge in [0.25, 0.3) is 0 Å². The molecule has 2 aromatic carbocycles. The number of rotatable bonds is 1. The number of aromatic nitrogens is 2. The molecule has 0 saturated heterocycles. The molecule has 0 unspecified atom stereocenters. The number of hydrogen-bond acceptors (Lipinski definition) is 1. The summed E-state index contributed by atoms with van der Waals surface area (Å²) >= 11 is 11.9. The van der Waals surface area contributed by atoms with E-state index in [0.29, 0.717) is 10.0 Å². The summed E-state index contributed by atoms with van der Waals surface area (Å²) in [5.74, 6) is 0.804. The zero-order valence-electron chi connectivity index (χ0n) is 9.67. The lowest BCUT2D eigenvalue weighted by molar-refractivity contribution is 1.33. The van der Waals surface area contributed by atoms with Crippen molar-refractivity contribution in [2.75, 3.05) is 0 Å². The van der Waals surface area contributed by atoms with Crippen molar-refractivity contribution in [3.8, 4) is 11.4 Å². The van der Waals surface area contributed by atoms with E-state index in [1.165, 1.54) is 5.56 Å². The highest BCUT2D eigenvalue weighted by atomic mass is 35.5. The minimum Gasteiger partial charge on any atom is -0.338 e. The minimum absolute atomic E-state index is 0.534. The van der Waals surface area contributed by atoms with E-state index in [2.05, 4.69) is 23.0 Å². The van der Waals surface area contributed by atoms with E-state index in [9.17, 15) is 0 Å². The van der Waals surface area contributed by atoms with E-state index in [1.54, 1.807) is 6.07 Å². The van der Waals surface area contributed by atoms with Crippen LogP contribution in [0.5, 0.6) is 0 Å². The fourth-order valence-corrected chi connectivity index (χ4v) is 2.25. The Kier molecular flexibility index (Phi) is 2.77. The smallest absolute Gasteiger partial charge is 0.138 e. The summed E-state index contributed by atoms with van der Waals surface area (Å²) in [6.07, 6.45) is 0. The van der Waals surface area contributed by atoms with Crippen molar-refractivity contribution in [1.29, 1.82) is 0 Å². The molecule has 0 spiro atoms. The molecule has 1 aromatic heterocycles. The molecule has 3 rings (SSSR count). The molecule has 18 heavy (non-hydrogen) atoms. The van der Waals surface area contributed by atoms with Crippen LogP contribution in [0.15, 0.2) is 36.4 Å². The summed E-state index contributed by atoms with van der Waals surface area (Å²) < 4.78 is 0. The van der Waals surface area contributed by atoms with Crippen LogP contribution in [0.3, 0.4) is 0 Å². The number of hydrogen-bond donors (Lipinski definition) is 1. The Bertz CT molecular complexity index is 732. The van der Waals surface area contributed by atoms with Crippen LogP contribution in [0.1, 0.15) is 5.56 Å². The first-order chi connectivity index (χ1) is 8.65. The van der Waals surface area contributed by atoms with E-state index >= 15 is 0 Å². The molecule has 0 aliphatic rings. The van der Waals surface area contributed by atoms with Gasteiger partial charge in [-0.15, -0.1) is 0 Å². The maximum Gasteiger partial charge on any atom is 0.138 e. The number of imidazole rings is 1. The molecule has 2 nitrogen and oxygen atoms in total. The third-order valence-corrected chi connectivity index (χ3v) is 3.66. The van der Waals surface area contributed by atoms with Crippen molar-refractivity contribution in [3.63, 3.8) is 0 Å². The number of halogens is 2. The summed E-state index contributed by atoms with van der Waals surface area (Å²) in [7, 11) is 0. The Morgan fingerprint density at radius 1 is 1.06 bits per heavy atom. The normalized spacial score (nSPS) is 11.1. The summed E-state index contributed by atoms with van der Waals surface area (Å²) in [6.45, 7) is 2.05. The second kappa shape index (κ2) is 4.30. The molecule has 0 bridgehead atoms. The molecular weight excluding hydrogens is 267 g/mol. The second-order valence-electron chi connectivity index (χ2n) is 4.18. The van der Waals surface area contributed by atoms with E-state index in [4.69, 9.17) is 23.2 Å². The van der Waals surface area contributed by atoms with Gasteiger partial charge in [0.15, 0.2) is 0 Å². The number of benzene rings is 2. The van der Waals surface area contributed by atoms with Crippen molar-refractivity contribution in [1.82, 2.24) is 9.97 Å². The first kappa shape index (κ1) is 11.6. The zero-order valence-corrected chi connectivity index (χ0v) is 11.2. The van der Waals surface area contributed by atoms with Gasteiger partial charge in [0.2, 0.25) is 0 Å². The molecule has 1 heterocycles. The molecule has 0 fully saturated rings. The average molecular weight is 277 g/mol. The van der Waals surface area contributed by atoms with Crippen molar-refractivity contribution in [2.24, 2.45) is 0 Å². The lowest BCUT2D eigenvalue weighted by Crippen LogP contribution is -1.80. The third-order valence-electron chi connectivity index (χ3n) is 2.92. The summed E-state index contributed by atoms with van der Waals surface area (Å²) in [4.78, 5) is 7.87. The monoisotopic (exact) mass is 276 g/mol. The van der Waals surface area contributed by atoms with Gasteiger partial charge < -0.3 is 4.98 Å². The fourth-order valence-electron chi connectivity index (χ4n) is 1.96. The molecule has 3 aromatic rings. The number of H-pyrrole nitrogens is 1. The highest BCUT2D eigenvalue weighted by Crippen LogP contribution is 2.28. The molecule has 1 N–H and O–H groups in total. The molecular formula is C14H10Cl2N2. The van der Waals surface area contributed by atoms with Crippen LogP contribution >= 0.6 is 23.2 Å². The van der Waals surface area contributed by atoms with Crippen molar-refractivity contribution in [2.45, 2.75) is 6.92 Å². The Labute approximate surface area is 115 Å². The molecule has 4 heteroatoms. The number of fused-ring (bicyclic) bond motifs is 1. The van der Waals surface area contributed by atoms with Crippen LogP contribution in [-0.2, 0) is 0 Å². The number of aromatic amines is 1. The van der Waals surface area contributed by atoms with E-state index in [-0.39, 0.29) is 0 Å². The average Bonchev–Trinajstić information content (AvgIpc) is 2.78. The van der Waals surface area contributed by atoms with Crippen LogP contribution in [0.2, 0.25) is 10.0 Å². The van der Waals surface area contributed by atoms with Crippen LogP contribution in [-0.4, -0.2) is 9.97 Å². The van der Waals surface area contributed by atoms with Gasteiger partial charge in [-0.05, 0) is 36.8 Å². The van der Waals surface area contributed by atoms with Crippen molar-refractivity contribution >= 4 is 34.2 Å². The predicted octanol–water partition coefficient (Wildman–Crippen LogP) is 4.85. The Hall–Kier alpha value is -1.51. The van der Waals surface area contributed by atoms with Gasteiger partial charge in [-0.2, -0.15) is 0 Å². The molecule has 0 aliphatic heterocycles.